The second kappa shape index (κ2) is 4.09. The number of nitrogen functional groups attached to an aromatic ring is 1. The zero-order valence-electron chi connectivity index (χ0n) is 5.32. The molecule has 0 aliphatic carbocycles. The molecule has 3 nitrogen and oxygen atoms in total. The van der Waals surface area contributed by atoms with Crippen molar-refractivity contribution in [3.8, 4) is 0 Å². The molecule has 0 atom stereocenters. The van der Waals surface area contributed by atoms with E-state index in [1.807, 2.05) is 0 Å². The van der Waals surface area contributed by atoms with Crippen LogP contribution in [0.4, 0.5) is 5.82 Å². The van der Waals surface area contributed by atoms with Crippen LogP contribution in [0, 0.1) is 0 Å². The number of aromatic nitrogens is 1. The first-order valence-corrected chi connectivity index (χ1v) is 2.64. The number of hydrogen-bond donors (Lipinski definition) is 2. The van der Waals surface area contributed by atoms with Crippen molar-refractivity contribution in [1.82, 2.24) is 4.98 Å². The summed E-state index contributed by atoms with van der Waals surface area (Å²) in [6, 6.07) is 3.40. The quantitative estimate of drug-likeness (QED) is 0.632. The Morgan fingerprint density at radius 1 is 1.50 bits per heavy atom. The molecule has 0 aromatic carbocycles. The van der Waals surface area contributed by atoms with E-state index in [1.54, 1.807) is 18.3 Å². The maximum absolute atomic E-state index is 8.55. The molecule has 0 amide bonds. The summed E-state index contributed by atoms with van der Waals surface area (Å²) < 4.78 is 0. The molecule has 0 aliphatic rings. The number of halogens is 1. The topological polar surface area (TPSA) is 59.1 Å². The third-order valence-corrected chi connectivity index (χ3v) is 1.03. The molecule has 1 rings (SSSR count). The number of rotatable bonds is 1. The van der Waals surface area contributed by atoms with Gasteiger partial charge in [-0.2, -0.15) is 0 Å². The van der Waals surface area contributed by atoms with Crippen LogP contribution in [-0.4, -0.2) is 10.1 Å². The van der Waals surface area contributed by atoms with E-state index in [4.69, 9.17) is 10.8 Å². The highest BCUT2D eigenvalue weighted by atomic mass is 35.5. The molecule has 0 saturated carbocycles. The summed E-state index contributed by atoms with van der Waals surface area (Å²) in [5.74, 6) is 0.479. The van der Waals surface area contributed by atoms with E-state index >= 15 is 0 Å². The molecule has 1 aromatic heterocycles. The minimum Gasteiger partial charge on any atom is -0.392 e. The van der Waals surface area contributed by atoms with Crippen molar-refractivity contribution < 1.29 is 5.11 Å². The molecule has 10 heavy (non-hydrogen) atoms. The SMILES string of the molecule is Cl.Nc1ccc(CO)cn1. The van der Waals surface area contributed by atoms with Crippen LogP contribution < -0.4 is 5.73 Å². The van der Waals surface area contributed by atoms with Crippen molar-refractivity contribution >= 4 is 18.2 Å². The van der Waals surface area contributed by atoms with Gasteiger partial charge < -0.3 is 10.8 Å². The average Bonchev–Trinajstić information content (AvgIpc) is 1.90. The van der Waals surface area contributed by atoms with E-state index < -0.39 is 0 Å². The van der Waals surface area contributed by atoms with Gasteiger partial charge in [0.1, 0.15) is 5.82 Å². The Kier molecular flexibility index (Phi) is 3.76. The van der Waals surface area contributed by atoms with Crippen LogP contribution in [0.5, 0.6) is 0 Å². The normalized spacial score (nSPS) is 8.50. The van der Waals surface area contributed by atoms with Crippen LogP contribution in [0.1, 0.15) is 5.56 Å². The molecule has 1 aromatic rings. The first-order chi connectivity index (χ1) is 4.33. The minimum absolute atomic E-state index is 0. The fraction of sp³-hybridized carbons (Fsp3) is 0.167. The minimum atomic E-state index is 0. The summed E-state index contributed by atoms with van der Waals surface area (Å²) in [6.07, 6.45) is 1.55. The van der Waals surface area contributed by atoms with Crippen molar-refractivity contribution in [2.75, 3.05) is 5.73 Å². The fourth-order valence-electron chi connectivity index (χ4n) is 0.529. The van der Waals surface area contributed by atoms with Crippen LogP contribution in [0.3, 0.4) is 0 Å². The van der Waals surface area contributed by atoms with Crippen LogP contribution >= 0.6 is 12.4 Å². The van der Waals surface area contributed by atoms with Gasteiger partial charge in [-0.1, -0.05) is 6.07 Å². The number of anilines is 1. The Labute approximate surface area is 65.3 Å². The summed E-state index contributed by atoms with van der Waals surface area (Å²) in [5, 5.41) is 8.55. The van der Waals surface area contributed by atoms with Crippen LogP contribution in [0.25, 0.3) is 0 Å². The molecule has 56 valence electrons. The first-order valence-electron chi connectivity index (χ1n) is 2.64. The van der Waals surface area contributed by atoms with Crippen molar-refractivity contribution in [2.45, 2.75) is 6.61 Å². The molecule has 0 aliphatic heterocycles. The molecule has 0 bridgehead atoms. The summed E-state index contributed by atoms with van der Waals surface area (Å²) in [5.41, 5.74) is 6.07. The predicted molar refractivity (Wildman–Crippen MR) is 41.8 cm³/mol. The van der Waals surface area contributed by atoms with Gasteiger partial charge in [-0.15, -0.1) is 12.4 Å². The number of nitrogens with zero attached hydrogens (tertiary/aromatic N) is 1. The first kappa shape index (κ1) is 9.20. The lowest BCUT2D eigenvalue weighted by atomic mass is 10.3. The van der Waals surface area contributed by atoms with E-state index in [0.29, 0.717) is 5.82 Å². The molecule has 3 N–H and O–H groups in total. The second-order valence-corrected chi connectivity index (χ2v) is 1.75. The zero-order chi connectivity index (χ0) is 6.69. The summed E-state index contributed by atoms with van der Waals surface area (Å²) >= 11 is 0. The molecule has 0 radical (unpaired) electrons. The fourth-order valence-corrected chi connectivity index (χ4v) is 0.529. The Hall–Kier alpha value is -0.800. The van der Waals surface area contributed by atoms with Crippen molar-refractivity contribution in [2.24, 2.45) is 0 Å². The standard InChI is InChI=1S/C6H8N2O.ClH/c7-6-2-1-5(4-9)3-8-6;/h1-3,9H,4H2,(H2,7,8);1H. The van der Waals surface area contributed by atoms with Gasteiger partial charge in [-0.25, -0.2) is 4.98 Å². The number of hydrogen-bond acceptors (Lipinski definition) is 3. The third-order valence-electron chi connectivity index (χ3n) is 1.03. The van der Waals surface area contributed by atoms with E-state index in [0.717, 1.165) is 5.56 Å². The smallest absolute Gasteiger partial charge is 0.123 e. The number of aliphatic hydroxyl groups excluding tert-OH is 1. The molecule has 0 unspecified atom stereocenters. The molecule has 4 heteroatoms. The molecule has 1 heterocycles. The summed E-state index contributed by atoms with van der Waals surface area (Å²) in [4.78, 5) is 3.77. The maximum atomic E-state index is 8.55. The Bertz CT molecular complexity index is 187. The molecular formula is C6H9ClN2O. The molecule has 0 fully saturated rings. The van der Waals surface area contributed by atoms with Gasteiger partial charge in [0.05, 0.1) is 6.61 Å². The largest absolute Gasteiger partial charge is 0.392 e. The van der Waals surface area contributed by atoms with Gasteiger partial charge in [-0.05, 0) is 11.6 Å². The third kappa shape index (κ3) is 2.21. The van der Waals surface area contributed by atoms with Crippen molar-refractivity contribution in [3.05, 3.63) is 23.9 Å². The second-order valence-electron chi connectivity index (χ2n) is 1.75. The lowest BCUT2D eigenvalue weighted by molar-refractivity contribution is 0.281. The van der Waals surface area contributed by atoms with Crippen LogP contribution in [-0.2, 0) is 6.61 Å². The molecule has 0 saturated heterocycles. The Morgan fingerprint density at radius 3 is 2.60 bits per heavy atom. The number of aliphatic hydroxyl groups is 1. The molecular weight excluding hydrogens is 152 g/mol. The lowest BCUT2D eigenvalue weighted by Crippen LogP contribution is -1.90. The monoisotopic (exact) mass is 160 g/mol. The van der Waals surface area contributed by atoms with Crippen molar-refractivity contribution in [3.63, 3.8) is 0 Å². The predicted octanol–water partition coefficient (Wildman–Crippen LogP) is 0.578. The van der Waals surface area contributed by atoms with Crippen LogP contribution in [0.15, 0.2) is 18.3 Å². The van der Waals surface area contributed by atoms with Crippen LogP contribution in [0.2, 0.25) is 0 Å². The lowest BCUT2D eigenvalue weighted by Gasteiger charge is -1.93. The van der Waals surface area contributed by atoms with Crippen molar-refractivity contribution in [1.29, 1.82) is 0 Å². The highest BCUT2D eigenvalue weighted by Crippen LogP contribution is 1.99. The van der Waals surface area contributed by atoms with Gasteiger partial charge in [0.2, 0.25) is 0 Å². The highest BCUT2D eigenvalue weighted by Gasteiger charge is 1.87. The number of nitrogens with two attached hydrogens (primary N) is 1. The molecule has 0 spiro atoms. The Morgan fingerprint density at radius 2 is 2.20 bits per heavy atom. The number of pyridine rings is 1. The van der Waals surface area contributed by atoms with Gasteiger partial charge in [0.25, 0.3) is 0 Å². The van der Waals surface area contributed by atoms with Gasteiger partial charge in [-0.3, -0.25) is 0 Å². The average molecular weight is 161 g/mol. The van der Waals surface area contributed by atoms with E-state index in [1.165, 1.54) is 0 Å². The maximum Gasteiger partial charge on any atom is 0.123 e. The highest BCUT2D eigenvalue weighted by molar-refractivity contribution is 5.85. The van der Waals surface area contributed by atoms with E-state index in [2.05, 4.69) is 4.98 Å². The van der Waals surface area contributed by atoms with Gasteiger partial charge >= 0.3 is 0 Å². The van der Waals surface area contributed by atoms with E-state index in [9.17, 15) is 0 Å². The summed E-state index contributed by atoms with van der Waals surface area (Å²) in [7, 11) is 0. The summed E-state index contributed by atoms with van der Waals surface area (Å²) in [6.45, 7) is 0.0211. The Balaban J connectivity index is 0.000000810. The van der Waals surface area contributed by atoms with Gasteiger partial charge in [0, 0.05) is 6.20 Å². The van der Waals surface area contributed by atoms with E-state index in [-0.39, 0.29) is 19.0 Å². The van der Waals surface area contributed by atoms with Gasteiger partial charge in [0.15, 0.2) is 0 Å². The zero-order valence-corrected chi connectivity index (χ0v) is 6.14.